The van der Waals surface area contributed by atoms with Gasteiger partial charge in [-0.15, -0.1) is 0 Å². The summed E-state index contributed by atoms with van der Waals surface area (Å²) < 4.78 is 16.6. The molecule has 0 radical (unpaired) electrons. The van der Waals surface area contributed by atoms with Gasteiger partial charge in [0, 0.05) is 36.4 Å². The number of piperazine rings is 1. The molecule has 2 aromatic heterocycles. The van der Waals surface area contributed by atoms with Crippen LogP contribution in [0.1, 0.15) is 44.5 Å². The van der Waals surface area contributed by atoms with Crippen molar-refractivity contribution < 1.29 is 14.3 Å². The van der Waals surface area contributed by atoms with E-state index in [9.17, 15) is 19.1 Å². The Morgan fingerprint density at radius 1 is 1.41 bits per heavy atom. The average molecular weight is 374 g/mol. The van der Waals surface area contributed by atoms with Crippen LogP contribution < -0.4 is 15.6 Å². The van der Waals surface area contributed by atoms with E-state index in [0.29, 0.717) is 18.2 Å². The Morgan fingerprint density at radius 2 is 2.11 bits per heavy atom. The van der Waals surface area contributed by atoms with E-state index in [2.05, 4.69) is 17.2 Å². The third-order valence-corrected chi connectivity index (χ3v) is 5.56. The molecule has 2 N–H and O–H groups in total. The summed E-state index contributed by atoms with van der Waals surface area (Å²) >= 11 is 0. The molecule has 4 heterocycles. The normalized spacial score (nSPS) is 24.8. The first-order valence-corrected chi connectivity index (χ1v) is 9.10. The average Bonchev–Trinajstić information content (AvgIpc) is 3.12. The Kier molecular flexibility index (Phi) is 3.82. The van der Waals surface area contributed by atoms with Crippen molar-refractivity contribution in [2.75, 3.05) is 11.4 Å². The van der Waals surface area contributed by atoms with Crippen LogP contribution in [0.4, 0.5) is 10.2 Å². The van der Waals surface area contributed by atoms with Crippen LogP contribution in [0.5, 0.6) is 0 Å². The van der Waals surface area contributed by atoms with Crippen LogP contribution in [0.2, 0.25) is 0 Å². The molecule has 0 saturated carbocycles. The van der Waals surface area contributed by atoms with Crippen LogP contribution in [-0.4, -0.2) is 45.3 Å². The molecule has 0 spiro atoms. The van der Waals surface area contributed by atoms with Gasteiger partial charge in [-0.1, -0.05) is 0 Å². The van der Waals surface area contributed by atoms with Gasteiger partial charge in [0.1, 0.15) is 11.2 Å². The molecular formula is C19H23FN4O3. The molecule has 2 saturated heterocycles. The van der Waals surface area contributed by atoms with E-state index in [4.69, 9.17) is 0 Å². The molecule has 144 valence electrons. The third kappa shape index (κ3) is 2.70. The van der Waals surface area contributed by atoms with Crippen molar-refractivity contribution in [2.24, 2.45) is 0 Å². The smallest absolute Gasteiger partial charge is 0.341 e. The predicted molar refractivity (Wildman–Crippen MR) is 100 cm³/mol. The van der Waals surface area contributed by atoms with Gasteiger partial charge in [0.05, 0.1) is 5.39 Å². The second kappa shape index (κ2) is 5.76. The van der Waals surface area contributed by atoms with Crippen LogP contribution in [0.25, 0.3) is 11.0 Å². The largest absolute Gasteiger partial charge is 0.477 e. The van der Waals surface area contributed by atoms with Crippen LogP contribution in [0.3, 0.4) is 0 Å². The lowest BCUT2D eigenvalue weighted by Gasteiger charge is -2.33. The second-order valence-corrected chi connectivity index (χ2v) is 8.49. The van der Waals surface area contributed by atoms with Gasteiger partial charge in [-0.3, -0.25) is 4.79 Å². The van der Waals surface area contributed by atoms with Gasteiger partial charge in [0.2, 0.25) is 5.43 Å². The minimum Gasteiger partial charge on any atom is -0.477 e. The summed E-state index contributed by atoms with van der Waals surface area (Å²) in [5, 5.41) is 12.8. The van der Waals surface area contributed by atoms with Gasteiger partial charge in [-0.2, -0.15) is 0 Å². The number of anilines is 1. The van der Waals surface area contributed by atoms with Crippen LogP contribution in [0.15, 0.2) is 17.1 Å². The summed E-state index contributed by atoms with van der Waals surface area (Å²) in [6.07, 6.45) is 2.24. The first-order chi connectivity index (χ1) is 12.6. The van der Waals surface area contributed by atoms with Gasteiger partial charge in [-0.25, -0.2) is 14.2 Å². The van der Waals surface area contributed by atoms with Crippen molar-refractivity contribution >= 4 is 22.8 Å². The fourth-order valence-electron chi connectivity index (χ4n) is 4.27. The lowest BCUT2D eigenvalue weighted by Crippen LogP contribution is -2.50. The van der Waals surface area contributed by atoms with Crippen LogP contribution >= 0.6 is 0 Å². The Labute approximate surface area is 155 Å². The Morgan fingerprint density at radius 3 is 2.67 bits per heavy atom. The Balaban J connectivity index is 1.97. The molecule has 2 aliphatic rings. The molecule has 0 aliphatic carbocycles. The lowest BCUT2D eigenvalue weighted by atomic mass is 10.1. The van der Waals surface area contributed by atoms with Crippen molar-refractivity contribution in [3.63, 3.8) is 0 Å². The zero-order valence-electron chi connectivity index (χ0n) is 15.8. The Hall–Kier alpha value is -2.48. The molecule has 4 rings (SSSR count). The lowest BCUT2D eigenvalue weighted by molar-refractivity contribution is 0.0694. The van der Waals surface area contributed by atoms with Crippen LogP contribution in [-0.2, 0) is 5.54 Å². The first-order valence-electron chi connectivity index (χ1n) is 9.10. The Bertz CT molecular complexity index is 1010. The van der Waals surface area contributed by atoms with E-state index in [-0.39, 0.29) is 28.9 Å². The molecule has 8 heteroatoms. The molecule has 2 aromatic rings. The van der Waals surface area contributed by atoms with E-state index < -0.39 is 22.8 Å². The van der Waals surface area contributed by atoms with Gasteiger partial charge >= 0.3 is 5.97 Å². The summed E-state index contributed by atoms with van der Waals surface area (Å²) in [6.45, 7) is 8.39. The molecule has 3 atom stereocenters. The molecule has 27 heavy (non-hydrogen) atoms. The summed E-state index contributed by atoms with van der Waals surface area (Å²) in [4.78, 5) is 30.6. The number of carbonyl (C=O) groups is 1. The molecule has 0 aromatic carbocycles. The number of hydrogen-bond acceptors (Lipinski definition) is 5. The number of fused-ring (bicyclic) bond motifs is 3. The number of halogens is 1. The fourth-order valence-corrected chi connectivity index (χ4v) is 4.27. The molecule has 0 unspecified atom stereocenters. The topological polar surface area (TPSA) is 87.5 Å². The monoisotopic (exact) mass is 374 g/mol. The first kappa shape index (κ1) is 17.9. The number of aromatic carboxylic acids is 1. The second-order valence-electron chi connectivity index (χ2n) is 8.49. The third-order valence-electron chi connectivity index (χ3n) is 5.56. The number of carboxylic acids is 1. The number of nitrogens with one attached hydrogen (secondary N) is 1. The standard InChI is InChI=1S/C19H23FN4O3/c1-9-14-5-10(21-9)7-23(14)17-13(20)6-11-15(25)12(18(26)27)8-24(16(11)22-17)19(2,3)4/h6,8-10,14,21H,5,7H2,1-4H3,(H,26,27)/t9-,10-,14-/m1/s1. The van der Waals surface area contributed by atoms with Crippen molar-refractivity contribution in [2.45, 2.75) is 57.8 Å². The van der Waals surface area contributed by atoms with E-state index in [1.54, 1.807) is 4.57 Å². The minimum atomic E-state index is -1.33. The maximum Gasteiger partial charge on any atom is 0.341 e. The zero-order valence-corrected chi connectivity index (χ0v) is 15.8. The summed E-state index contributed by atoms with van der Waals surface area (Å²) in [5.74, 6) is -1.70. The van der Waals surface area contributed by atoms with Gasteiger partial charge in [-0.05, 0) is 40.2 Å². The van der Waals surface area contributed by atoms with Gasteiger partial charge < -0.3 is 19.9 Å². The minimum absolute atomic E-state index is 0.0124. The maximum atomic E-state index is 14.9. The number of aromatic nitrogens is 2. The molecule has 0 amide bonds. The summed E-state index contributed by atoms with van der Waals surface area (Å²) in [5.41, 5.74) is -1.33. The quantitative estimate of drug-likeness (QED) is 0.835. The van der Waals surface area contributed by atoms with E-state index >= 15 is 0 Å². The highest BCUT2D eigenvalue weighted by atomic mass is 19.1. The highest BCUT2D eigenvalue weighted by molar-refractivity contribution is 5.92. The number of hydrogen-bond donors (Lipinski definition) is 2. The highest BCUT2D eigenvalue weighted by Gasteiger charge is 2.44. The number of pyridine rings is 2. The molecular weight excluding hydrogens is 351 g/mol. The number of carboxylic acid groups (broad SMARTS) is 1. The molecule has 2 aliphatic heterocycles. The van der Waals surface area contributed by atoms with Crippen molar-refractivity contribution in [3.8, 4) is 0 Å². The van der Waals surface area contributed by atoms with Crippen molar-refractivity contribution in [1.82, 2.24) is 14.9 Å². The zero-order chi connectivity index (χ0) is 19.7. The van der Waals surface area contributed by atoms with Gasteiger partial charge in [0.25, 0.3) is 0 Å². The van der Waals surface area contributed by atoms with Gasteiger partial charge in [0.15, 0.2) is 11.6 Å². The van der Waals surface area contributed by atoms with E-state index in [1.165, 1.54) is 6.20 Å². The maximum absolute atomic E-state index is 14.9. The van der Waals surface area contributed by atoms with E-state index in [1.807, 2.05) is 25.7 Å². The van der Waals surface area contributed by atoms with E-state index in [0.717, 1.165) is 12.5 Å². The SMILES string of the molecule is C[C@H]1N[C@@H]2C[C@H]1N(c1nc3c(cc1F)c(=O)c(C(=O)O)cn3C(C)(C)C)C2. The predicted octanol–water partition coefficient (Wildman–Crippen LogP) is 1.93. The number of nitrogens with zero attached hydrogens (tertiary/aromatic N) is 3. The molecule has 2 bridgehead atoms. The fraction of sp³-hybridized carbons (Fsp3) is 0.526. The highest BCUT2D eigenvalue weighted by Crippen LogP contribution is 2.34. The summed E-state index contributed by atoms with van der Waals surface area (Å²) in [6, 6.07) is 1.84. The number of rotatable bonds is 2. The molecule has 7 nitrogen and oxygen atoms in total. The van der Waals surface area contributed by atoms with Crippen molar-refractivity contribution in [1.29, 1.82) is 0 Å². The summed E-state index contributed by atoms with van der Waals surface area (Å²) in [7, 11) is 0. The molecule has 2 fully saturated rings. The van der Waals surface area contributed by atoms with Crippen molar-refractivity contribution in [3.05, 3.63) is 33.9 Å². The van der Waals surface area contributed by atoms with Crippen LogP contribution in [0, 0.1) is 5.82 Å².